The third-order valence-electron chi connectivity index (χ3n) is 3.97. The van der Waals surface area contributed by atoms with Crippen LogP contribution in [0.25, 0.3) is 0 Å². The summed E-state index contributed by atoms with van der Waals surface area (Å²) in [5, 5.41) is 3.31. The molecule has 1 aromatic carbocycles. The summed E-state index contributed by atoms with van der Waals surface area (Å²) in [4.78, 5) is 23.5. The first-order valence-electron chi connectivity index (χ1n) is 7.79. The fourth-order valence-electron chi connectivity index (χ4n) is 2.68. The number of halogens is 1. The Morgan fingerprint density at radius 2 is 1.96 bits per heavy atom. The number of hydrogen-bond acceptors (Lipinski definition) is 4. The van der Waals surface area contributed by atoms with E-state index >= 15 is 0 Å². The summed E-state index contributed by atoms with van der Waals surface area (Å²) < 4.78 is 0. The highest BCUT2D eigenvalue weighted by Gasteiger charge is 2.17. The number of anilines is 2. The molecule has 5 nitrogen and oxygen atoms in total. The zero-order valence-electron chi connectivity index (χ0n) is 13.1. The summed E-state index contributed by atoms with van der Waals surface area (Å²) in [6, 6.07) is 7.14. The Hall–Kier alpha value is -2.14. The maximum absolute atomic E-state index is 12.4. The minimum Gasteiger partial charge on any atom is -0.341 e. The van der Waals surface area contributed by atoms with Crippen LogP contribution in [0.5, 0.6) is 0 Å². The normalized spacial score (nSPS) is 14.6. The van der Waals surface area contributed by atoms with Gasteiger partial charge in [0.1, 0.15) is 0 Å². The highest BCUT2D eigenvalue weighted by atomic mass is 35.5. The standard InChI is InChI=1S/C17H19ClN4O/c1-12-13(16(23)21-15-8-4-3-7-14(15)18)11-19-17(20-12)22-9-5-2-6-10-22/h3-4,7-8,11H,2,5-6,9-10H2,1H3,(H,21,23). The van der Waals surface area contributed by atoms with Crippen LogP contribution in [-0.2, 0) is 0 Å². The number of aryl methyl sites for hydroxylation is 1. The molecule has 6 heteroatoms. The molecular formula is C17H19ClN4O. The molecule has 2 heterocycles. The Bertz CT molecular complexity index is 713. The van der Waals surface area contributed by atoms with Gasteiger partial charge in [0.05, 0.1) is 22.0 Å². The molecule has 1 aromatic heterocycles. The van der Waals surface area contributed by atoms with Crippen LogP contribution in [0.2, 0.25) is 5.02 Å². The Morgan fingerprint density at radius 3 is 2.65 bits per heavy atom. The lowest BCUT2D eigenvalue weighted by Crippen LogP contribution is -2.31. The highest BCUT2D eigenvalue weighted by Crippen LogP contribution is 2.22. The van der Waals surface area contributed by atoms with E-state index in [4.69, 9.17) is 11.6 Å². The fourth-order valence-corrected chi connectivity index (χ4v) is 2.86. The molecule has 0 spiro atoms. The van der Waals surface area contributed by atoms with Crippen molar-refractivity contribution in [3.05, 3.63) is 46.7 Å². The van der Waals surface area contributed by atoms with Crippen LogP contribution in [0.15, 0.2) is 30.5 Å². The Balaban J connectivity index is 1.77. The van der Waals surface area contributed by atoms with E-state index in [0.29, 0.717) is 27.9 Å². The van der Waals surface area contributed by atoms with Gasteiger partial charge in [0.25, 0.3) is 5.91 Å². The van der Waals surface area contributed by atoms with Crippen LogP contribution in [0.3, 0.4) is 0 Å². The quantitative estimate of drug-likeness (QED) is 0.932. The van der Waals surface area contributed by atoms with Gasteiger partial charge < -0.3 is 10.2 Å². The highest BCUT2D eigenvalue weighted by molar-refractivity contribution is 6.33. The summed E-state index contributed by atoms with van der Waals surface area (Å²) in [6.45, 7) is 3.78. The lowest BCUT2D eigenvalue weighted by molar-refractivity contribution is 0.102. The predicted molar refractivity (Wildman–Crippen MR) is 92.2 cm³/mol. The van der Waals surface area contributed by atoms with Crippen molar-refractivity contribution < 1.29 is 4.79 Å². The van der Waals surface area contributed by atoms with Gasteiger partial charge in [-0.25, -0.2) is 9.97 Å². The molecule has 120 valence electrons. The van der Waals surface area contributed by atoms with Crippen LogP contribution >= 0.6 is 11.6 Å². The first-order chi connectivity index (χ1) is 11.1. The Labute approximate surface area is 140 Å². The van der Waals surface area contributed by atoms with Crippen molar-refractivity contribution in [2.75, 3.05) is 23.3 Å². The van der Waals surface area contributed by atoms with Crippen molar-refractivity contribution in [3.63, 3.8) is 0 Å². The maximum Gasteiger partial charge on any atom is 0.259 e. The summed E-state index contributed by atoms with van der Waals surface area (Å²) in [5.41, 5.74) is 1.72. The monoisotopic (exact) mass is 330 g/mol. The predicted octanol–water partition coefficient (Wildman–Crippen LogP) is 3.68. The van der Waals surface area contributed by atoms with Crippen molar-refractivity contribution in [2.24, 2.45) is 0 Å². The van der Waals surface area contributed by atoms with Crippen LogP contribution in [-0.4, -0.2) is 29.0 Å². The number of rotatable bonds is 3. The second-order valence-electron chi connectivity index (χ2n) is 5.65. The molecule has 0 atom stereocenters. The Kier molecular flexibility index (Phi) is 4.76. The summed E-state index contributed by atoms with van der Waals surface area (Å²) in [6.07, 6.45) is 5.18. The van der Waals surface area contributed by atoms with E-state index in [0.717, 1.165) is 25.9 Å². The van der Waals surface area contributed by atoms with Gasteiger partial charge in [-0.05, 0) is 38.3 Å². The molecule has 0 unspecified atom stereocenters. The Morgan fingerprint density at radius 1 is 1.22 bits per heavy atom. The maximum atomic E-state index is 12.4. The molecule has 1 aliphatic rings. The summed E-state index contributed by atoms with van der Waals surface area (Å²) in [5.74, 6) is 0.456. The lowest BCUT2D eigenvalue weighted by Gasteiger charge is -2.26. The van der Waals surface area contributed by atoms with Crippen molar-refractivity contribution in [3.8, 4) is 0 Å². The van der Waals surface area contributed by atoms with E-state index in [9.17, 15) is 4.79 Å². The second-order valence-corrected chi connectivity index (χ2v) is 6.06. The lowest BCUT2D eigenvalue weighted by atomic mass is 10.1. The second kappa shape index (κ2) is 6.96. The van der Waals surface area contributed by atoms with E-state index in [1.54, 1.807) is 18.3 Å². The van der Waals surface area contributed by atoms with Gasteiger partial charge in [-0.3, -0.25) is 4.79 Å². The molecule has 23 heavy (non-hydrogen) atoms. The molecule has 2 aromatic rings. The summed E-state index contributed by atoms with van der Waals surface area (Å²) in [7, 11) is 0. The van der Waals surface area contributed by atoms with Gasteiger partial charge in [-0.15, -0.1) is 0 Å². The van der Waals surface area contributed by atoms with Crippen molar-refractivity contribution in [1.29, 1.82) is 0 Å². The molecule has 0 bridgehead atoms. The van der Waals surface area contributed by atoms with Crippen LogP contribution in [0.1, 0.15) is 35.3 Å². The van der Waals surface area contributed by atoms with Crippen LogP contribution in [0.4, 0.5) is 11.6 Å². The van der Waals surface area contributed by atoms with Crippen LogP contribution in [0, 0.1) is 6.92 Å². The number of nitrogens with zero attached hydrogens (tertiary/aromatic N) is 3. The number of nitrogens with one attached hydrogen (secondary N) is 1. The summed E-state index contributed by atoms with van der Waals surface area (Å²) >= 11 is 6.07. The van der Waals surface area contributed by atoms with Gasteiger partial charge in [0, 0.05) is 19.3 Å². The topological polar surface area (TPSA) is 58.1 Å². The molecule has 1 fully saturated rings. The molecule has 1 amide bonds. The van der Waals surface area contributed by atoms with Gasteiger partial charge in [0.15, 0.2) is 0 Å². The van der Waals surface area contributed by atoms with E-state index < -0.39 is 0 Å². The molecule has 0 aliphatic carbocycles. The number of amides is 1. The van der Waals surface area contributed by atoms with Gasteiger partial charge in [-0.2, -0.15) is 0 Å². The van der Waals surface area contributed by atoms with E-state index in [-0.39, 0.29) is 5.91 Å². The van der Waals surface area contributed by atoms with E-state index in [1.807, 2.05) is 19.1 Å². The number of carbonyl (C=O) groups is 1. The first kappa shape index (κ1) is 15.7. The minimum absolute atomic E-state index is 0.249. The van der Waals surface area contributed by atoms with Crippen molar-refractivity contribution in [1.82, 2.24) is 9.97 Å². The molecular weight excluding hydrogens is 312 g/mol. The molecule has 1 saturated heterocycles. The third kappa shape index (κ3) is 3.62. The van der Waals surface area contributed by atoms with Gasteiger partial charge >= 0.3 is 0 Å². The number of para-hydroxylation sites is 1. The van der Waals surface area contributed by atoms with E-state index in [1.165, 1.54) is 6.42 Å². The zero-order chi connectivity index (χ0) is 16.2. The number of carbonyl (C=O) groups excluding carboxylic acids is 1. The van der Waals surface area contributed by atoms with E-state index in [2.05, 4.69) is 20.2 Å². The zero-order valence-corrected chi connectivity index (χ0v) is 13.8. The first-order valence-corrected chi connectivity index (χ1v) is 8.17. The molecule has 0 saturated carbocycles. The van der Waals surface area contributed by atoms with Gasteiger partial charge in [-0.1, -0.05) is 23.7 Å². The SMILES string of the molecule is Cc1nc(N2CCCCC2)ncc1C(=O)Nc1ccccc1Cl. The number of hydrogen-bond donors (Lipinski definition) is 1. The van der Waals surface area contributed by atoms with Crippen LogP contribution < -0.4 is 10.2 Å². The smallest absolute Gasteiger partial charge is 0.259 e. The minimum atomic E-state index is -0.249. The fraction of sp³-hybridized carbons (Fsp3) is 0.353. The third-order valence-corrected chi connectivity index (χ3v) is 4.30. The number of benzene rings is 1. The average Bonchev–Trinajstić information content (AvgIpc) is 2.57. The largest absolute Gasteiger partial charge is 0.341 e. The molecule has 1 aliphatic heterocycles. The molecule has 3 rings (SSSR count). The van der Waals surface area contributed by atoms with Gasteiger partial charge in [0.2, 0.25) is 5.95 Å². The van der Waals surface area contributed by atoms with Crippen molar-refractivity contribution in [2.45, 2.75) is 26.2 Å². The van der Waals surface area contributed by atoms with Crippen molar-refractivity contribution >= 4 is 29.1 Å². The molecule has 1 N–H and O–H groups in total. The number of aromatic nitrogens is 2. The average molecular weight is 331 g/mol. The molecule has 0 radical (unpaired) electrons. The number of piperidine rings is 1.